The van der Waals surface area contributed by atoms with Crippen LogP contribution in [0, 0.1) is 18.3 Å². The van der Waals surface area contributed by atoms with Crippen LogP contribution < -0.4 is 0 Å². The Labute approximate surface area is 187 Å². The average molecular weight is 418 g/mol. The molecule has 2 aliphatic rings. The Morgan fingerprint density at radius 2 is 1.94 bits per heavy atom. The lowest BCUT2D eigenvalue weighted by Crippen LogP contribution is -2.55. The first kappa shape index (κ1) is 21.8. The largest absolute Gasteiger partial charge is 0.465 e. The summed E-state index contributed by atoms with van der Waals surface area (Å²) in [5, 5.41) is 0. The van der Waals surface area contributed by atoms with E-state index < -0.39 is 5.41 Å². The molecule has 0 aromatic heterocycles. The van der Waals surface area contributed by atoms with E-state index in [0.717, 1.165) is 51.7 Å². The quantitative estimate of drug-likeness (QED) is 0.543. The fourth-order valence-electron chi connectivity index (χ4n) is 5.43. The monoisotopic (exact) mass is 417 g/mol. The highest BCUT2D eigenvalue weighted by Crippen LogP contribution is 2.50. The van der Waals surface area contributed by atoms with Crippen molar-refractivity contribution < 1.29 is 9.53 Å². The van der Waals surface area contributed by atoms with Gasteiger partial charge >= 0.3 is 5.97 Å². The molecule has 2 fully saturated rings. The Morgan fingerprint density at radius 1 is 1.16 bits per heavy atom. The number of hydrogen-bond acceptors (Lipinski definition) is 3. The summed E-state index contributed by atoms with van der Waals surface area (Å²) in [6.07, 6.45) is 7.66. The smallest absolute Gasteiger partial charge is 0.317 e. The van der Waals surface area contributed by atoms with Gasteiger partial charge in [0.2, 0.25) is 0 Å². The van der Waals surface area contributed by atoms with Gasteiger partial charge in [0.1, 0.15) is 5.41 Å². The first-order chi connectivity index (χ1) is 15.1. The first-order valence-corrected chi connectivity index (χ1v) is 11.8. The van der Waals surface area contributed by atoms with Crippen LogP contribution in [0.4, 0.5) is 0 Å². The minimum Gasteiger partial charge on any atom is -0.465 e. The number of ether oxygens (including phenoxy) is 1. The molecule has 164 valence electrons. The molecule has 2 aromatic carbocycles. The van der Waals surface area contributed by atoms with Gasteiger partial charge in [-0.3, -0.25) is 4.79 Å². The molecule has 3 heteroatoms. The molecule has 0 spiro atoms. The zero-order chi connectivity index (χ0) is 21.7. The Morgan fingerprint density at radius 3 is 2.68 bits per heavy atom. The van der Waals surface area contributed by atoms with Gasteiger partial charge in [0.05, 0.1) is 6.61 Å². The van der Waals surface area contributed by atoms with Crippen molar-refractivity contribution in [3.05, 3.63) is 76.9 Å². The van der Waals surface area contributed by atoms with Gasteiger partial charge in [0, 0.05) is 13.1 Å². The summed E-state index contributed by atoms with van der Waals surface area (Å²) in [6.45, 7) is 7.34. The Hall–Kier alpha value is -2.39. The fraction of sp³-hybridized carbons (Fsp3) is 0.464. The van der Waals surface area contributed by atoms with E-state index in [1.807, 2.05) is 6.92 Å². The summed E-state index contributed by atoms with van der Waals surface area (Å²) in [5.74, 6) is 0.413. The second-order valence-corrected chi connectivity index (χ2v) is 9.23. The number of carbonyl (C=O) groups is 1. The second-order valence-electron chi connectivity index (χ2n) is 9.23. The van der Waals surface area contributed by atoms with Crippen LogP contribution in [-0.2, 0) is 16.0 Å². The van der Waals surface area contributed by atoms with Gasteiger partial charge in [-0.05, 0) is 68.7 Å². The summed E-state index contributed by atoms with van der Waals surface area (Å²) < 4.78 is 5.66. The predicted octanol–water partition coefficient (Wildman–Crippen LogP) is 5.68. The summed E-state index contributed by atoms with van der Waals surface area (Å²) in [4.78, 5) is 15.9. The molecule has 0 unspecified atom stereocenters. The number of carbonyl (C=O) groups excluding carboxylic acids is 1. The van der Waals surface area contributed by atoms with Crippen LogP contribution in [0.25, 0.3) is 6.08 Å². The molecule has 2 bridgehead atoms. The summed E-state index contributed by atoms with van der Waals surface area (Å²) >= 11 is 0. The first-order valence-electron chi connectivity index (χ1n) is 11.8. The third-order valence-electron chi connectivity index (χ3n) is 6.97. The van der Waals surface area contributed by atoms with Gasteiger partial charge in [0.25, 0.3) is 0 Å². The molecule has 3 nitrogen and oxygen atoms in total. The van der Waals surface area contributed by atoms with Crippen molar-refractivity contribution in [2.75, 3.05) is 26.2 Å². The highest BCUT2D eigenvalue weighted by Gasteiger charge is 2.52. The number of piperidine rings is 1. The van der Waals surface area contributed by atoms with Crippen molar-refractivity contribution in [2.45, 2.75) is 46.0 Å². The van der Waals surface area contributed by atoms with E-state index in [0.29, 0.717) is 12.5 Å². The number of rotatable bonds is 7. The van der Waals surface area contributed by atoms with Crippen LogP contribution in [0.1, 0.15) is 49.3 Å². The maximum absolute atomic E-state index is 13.3. The van der Waals surface area contributed by atoms with Crippen molar-refractivity contribution in [1.82, 2.24) is 4.90 Å². The molecule has 0 N–H and O–H groups in total. The topological polar surface area (TPSA) is 29.5 Å². The van der Waals surface area contributed by atoms with E-state index in [4.69, 9.17) is 4.74 Å². The zero-order valence-corrected chi connectivity index (χ0v) is 19.0. The van der Waals surface area contributed by atoms with Crippen molar-refractivity contribution in [3.63, 3.8) is 0 Å². The van der Waals surface area contributed by atoms with Crippen LogP contribution in [-0.4, -0.2) is 37.1 Å². The highest BCUT2D eigenvalue weighted by atomic mass is 16.5. The molecule has 2 atom stereocenters. The lowest BCUT2D eigenvalue weighted by atomic mass is 9.62. The van der Waals surface area contributed by atoms with E-state index in [1.54, 1.807) is 0 Å². The third-order valence-corrected chi connectivity index (χ3v) is 6.97. The molecule has 4 rings (SSSR count). The molecule has 1 saturated carbocycles. The van der Waals surface area contributed by atoms with E-state index in [-0.39, 0.29) is 5.97 Å². The molecule has 31 heavy (non-hydrogen) atoms. The van der Waals surface area contributed by atoms with E-state index in [1.165, 1.54) is 22.3 Å². The molecule has 1 aliphatic heterocycles. The van der Waals surface area contributed by atoms with Crippen LogP contribution in [0.2, 0.25) is 0 Å². The predicted molar refractivity (Wildman–Crippen MR) is 127 cm³/mol. The lowest BCUT2D eigenvalue weighted by molar-refractivity contribution is -0.158. The van der Waals surface area contributed by atoms with Crippen molar-refractivity contribution in [3.8, 4) is 0 Å². The number of benzene rings is 2. The lowest BCUT2D eigenvalue weighted by Gasteiger charge is -2.50. The van der Waals surface area contributed by atoms with Gasteiger partial charge in [0.15, 0.2) is 0 Å². The number of aryl methyl sites for hydroxylation is 2. The number of likely N-dealkylation sites (tertiary alicyclic amines) is 1. The fourth-order valence-corrected chi connectivity index (χ4v) is 5.43. The van der Waals surface area contributed by atoms with Crippen LogP contribution in [0.3, 0.4) is 0 Å². The minimum absolute atomic E-state index is 0.0224. The van der Waals surface area contributed by atoms with Gasteiger partial charge in [-0.1, -0.05) is 72.7 Å². The molecule has 1 saturated heterocycles. The van der Waals surface area contributed by atoms with Gasteiger partial charge in [-0.2, -0.15) is 0 Å². The highest BCUT2D eigenvalue weighted by molar-refractivity contribution is 5.84. The SMILES string of the molecule is CCOC(=O)[C@]12CCC[C@H](CN(CCCc3ccccc3)C1)C2=Cc1ccc(C)cc1. The van der Waals surface area contributed by atoms with E-state index in [9.17, 15) is 4.79 Å². The number of esters is 1. The molecule has 0 radical (unpaired) electrons. The third kappa shape index (κ3) is 4.93. The standard InChI is InChI=1S/C28H35NO2/c1-3-31-27(30)28-17-7-12-25(26(28)19-24-15-13-22(2)14-16-24)20-29(21-28)18-8-11-23-9-5-4-6-10-23/h4-6,9-10,13-16,19,25H,3,7-8,11-12,17-18,20-21H2,1-2H3/t25-,28-/m1/s1. The molecule has 1 aliphatic carbocycles. The Kier molecular flexibility index (Phi) is 6.92. The Balaban J connectivity index is 1.55. The van der Waals surface area contributed by atoms with E-state index in [2.05, 4.69) is 72.5 Å². The molecule has 0 amide bonds. The molecule has 2 aromatic rings. The second kappa shape index (κ2) is 9.82. The van der Waals surface area contributed by atoms with Crippen LogP contribution in [0.15, 0.2) is 60.2 Å². The summed E-state index contributed by atoms with van der Waals surface area (Å²) in [6, 6.07) is 19.3. The number of hydrogen-bond donors (Lipinski definition) is 0. The molecular weight excluding hydrogens is 382 g/mol. The van der Waals surface area contributed by atoms with Crippen molar-refractivity contribution in [1.29, 1.82) is 0 Å². The van der Waals surface area contributed by atoms with Crippen LogP contribution in [0.5, 0.6) is 0 Å². The van der Waals surface area contributed by atoms with Crippen molar-refractivity contribution in [2.24, 2.45) is 11.3 Å². The number of fused-ring (bicyclic) bond motifs is 2. The Bertz CT molecular complexity index is 902. The van der Waals surface area contributed by atoms with Gasteiger partial charge in [-0.25, -0.2) is 0 Å². The number of nitrogens with zero attached hydrogens (tertiary/aromatic N) is 1. The van der Waals surface area contributed by atoms with Crippen LogP contribution >= 0.6 is 0 Å². The molecular formula is C28H35NO2. The average Bonchev–Trinajstić information content (AvgIpc) is 2.77. The molecule has 1 heterocycles. The maximum Gasteiger partial charge on any atom is 0.317 e. The van der Waals surface area contributed by atoms with Gasteiger partial charge < -0.3 is 9.64 Å². The maximum atomic E-state index is 13.3. The van der Waals surface area contributed by atoms with E-state index >= 15 is 0 Å². The van der Waals surface area contributed by atoms with Gasteiger partial charge in [-0.15, -0.1) is 0 Å². The van der Waals surface area contributed by atoms with Crippen molar-refractivity contribution >= 4 is 12.0 Å². The summed E-state index contributed by atoms with van der Waals surface area (Å²) in [7, 11) is 0. The normalized spacial score (nSPS) is 24.8. The minimum atomic E-state index is -0.491. The summed E-state index contributed by atoms with van der Waals surface area (Å²) in [5.41, 5.74) is 4.66. The zero-order valence-electron chi connectivity index (χ0n) is 19.0.